The van der Waals surface area contributed by atoms with Gasteiger partial charge in [0.2, 0.25) is 0 Å². The van der Waals surface area contributed by atoms with Crippen molar-refractivity contribution < 1.29 is 5.11 Å². The molecule has 0 aromatic heterocycles. The van der Waals surface area contributed by atoms with Crippen molar-refractivity contribution in [2.75, 3.05) is 0 Å². The van der Waals surface area contributed by atoms with Crippen LogP contribution in [0.1, 0.15) is 52.4 Å². The molecule has 15 heavy (non-hydrogen) atoms. The Balaban J connectivity index is 1.86. The molecule has 4 rings (SSSR count). The molecule has 86 valence electrons. The highest BCUT2D eigenvalue weighted by atomic mass is 16.3. The van der Waals surface area contributed by atoms with Gasteiger partial charge in [0, 0.05) is 0 Å². The van der Waals surface area contributed by atoms with Crippen LogP contribution in [-0.2, 0) is 0 Å². The lowest BCUT2D eigenvalue weighted by molar-refractivity contribution is -0.133. The second-order valence-electron chi connectivity index (χ2n) is 6.97. The molecule has 0 heterocycles. The highest BCUT2D eigenvalue weighted by Gasteiger charge is 2.54. The van der Waals surface area contributed by atoms with Crippen molar-refractivity contribution >= 4 is 0 Å². The van der Waals surface area contributed by atoms with E-state index >= 15 is 0 Å². The van der Waals surface area contributed by atoms with Crippen molar-refractivity contribution in [1.29, 1.82) is 0 Å². The van der Waals surface area contributed by atoms with Crippen LogP contribution in [-0.4, -0.2) is 11.2 Å². The molecule has 4 saturated carbocycles. The van der Waals surface area contributed by atoms with Gasteiger partial charge in [-0.2, -0.15) is 0 Å². The fourth-order valence-electron chi connectivity index (χ4n) is 5.25. The molecule has 1 nitrogen and oxygen atoms in total. The lowest BCUT2D eigenvalue weighted by Crippen LogP contribution is -2.53. The summed E-state index contributed by atoms with van der Waals surface area (Å²) in [5, 5.41) is 10.5. The average Bonchev–Trinajstić information content (AvgIpc) is 2.14. The molecule has 1 heteroatoms. The maximum atomic E-state index is 10.5. The van der Waals surface area contributed by atoms with Crippen LogP contribution in [0.15, 0.2) is 0 Å². The molecule has 0 spiro atoms. The molecule has 0 unspecified atom stereocenters. The standard InChI is InChI=1S/C14H24O/c1-9(2)13(15)14-6-10-3-11(7-14)5-12(4-10)8-14/h9-13,15H,3-8H2,1-2H3/t10?,11?,12?,13-,14?/m0/s1. The summed E-state index contributed by atoms with van der Waals surface area (Å²) in [5.41, 5.74) is 0.336. The van der Waals surface area contributed by atoms with E-state index in [1.54, 1.807) is 0 Å². The number of hydrogen-bond acceptors (Lipinski definition) is 1. The van der Waals surface area contributed by atoms with Crippen molar-refractivity contribution in [1.82, 2.24) is 0 Å². The van der Waals surface area contributed by atoms with E-state index in [0.29, 0.717) is 11.3 Å². The predicted octanol–water partition coefficient (Wildman–Crippen LogP) is 3.22. The van der Waals surface area contributed by atoms with Crippen molar-refractivity contribution in [2.45, 2.75) is 58.5 Å². The minimum atomic E-state index is -0.0362. The summed E-state index contributed by atoms with van der Waals surface area (Å²) in [7, 11) is 0. The van der Waals surface area contributed by atoms with Crippen molar-refractivity contribution in [2.24, 2.45) is 29.1 Å². The van der Waals surface area contributed by atoms with Crippen LogP contribution in [0, 0.1) is 29.1 Å². The molecule has 4 aliphatic carbocycles. The molecule has 4 aliphatic rings. The minimum Gasteiger partial charge on any atom is -0.392 e. The van der Waals surface area contributed by atoms with Gasteiger partial charge in [-0.3, -0.25) is 0 Å². The molecule has 0 aromatic carbocycles. The highest BCUT2D eigenvalue weighted by Crippen LogP contribution is 2.61. The maximum Gasteiger partial charge on any atom is 0.0619 e. The summed E-state index contributed by atoms with van der Waals surface area (Å²) < 4.78 is 0. The van der Waals surface area contributed by atoms with E-state index in [4.69, 9.17) is 0 Å². The lowest BCUT2D eigenvalue weighted by Gasteiger charge is -2.59. The third-order valence-corrected chi connectivity index (χ3v) is 5.34. The van der Waals surface area contributed by atoms with Crippen LogP contribution in [0.25, 0.3) is 0 Å². The Hall–Kier alpha value is -0.0400. The normalized spacial score (nSPS) is 50.0. The first-order chi connectivity index (χ1) is 7.09. The Morgan fingerprint density at radius 2 is 1.33 bits per heavy atom. The van der Waals surface area contributed by atoms with Gasteiger partial charge in [0.05, 0.1) is 6.10 Å². The molecule has 4 bridgehead atoms. The van der Waals surface area contributed by atoms with Crippen molar-refractivity contribution in [3.8, 4) is 0 Å². The van der Waals surface area contributed by atoms with Gasteiger partial charge in [-0.05, 0) is 67.6 Å². The molecule has 0 amide bonds. The summed E-state index contributed by atoms with van der Waals surface area (Å²) >= 11 is 0. The first-order valence-electron chi connectivity index (χ1n) is 6.77. The molecule has 0 saturated heterocycles. The van der Waals surface area contributed by atoms with Crippen LogP contribution in [0.5, 0.6) is 0 Å². The molecule has 0 aromatic rings. The third kappa shape index (κ3) is 1.46. The van der Waals surface area contributed by atoms with E-state index in [-0.39, 0.29) is 6.10 Å². The second-order valence-corrected chi connectivity index (χ2v) is 6.97. The van der Waals surface area contributed by atoms with Crippen LogP contribution >= 0.6 is 0 Å². The highest BCUT2D eigenvalue weighted by molar-refractivity contribution is 5.04. The van der Waals surface area contributed by atoms with Gasteiger partial charge >= 0.3 is 0 Å². The zero-order chi connectivity index (χ0) is 10.6. The Bertz CT molecular complexity index is 221. The summed E-state index contributed by atoms with van der Waals surface area (Å²) in [6.45, 7) is 4.37. The summed E-state index contributed by atoms with van der Waals surface area (Å²) in [5.74, 6) is 3.33. The fraction of sp³-hybridized carbons (Fsp3) is 1.00. The first kappa shape index (κ1) is 10.1. The van der Waals surface area contributed by atoms with Crippen LogP contribution in [0.2, 0.25) is 0 Å². The van der Waals surface area contributed by atoms with E-state index in [1.807, 2.05) is 0 Å². The first-order valence-corrected chi connectivity index (χ1v) is 6.77. The van der Waals surface area contributed by atoms with Crippen LogP contribution in [0.3, 0.4) is 0 Å². The Morgan fingerprint density at radius 1 is 0.933 bits per heavy atom. The molecule has 0 aliphatic heterocycles. The van der Waals surface area contributed by atoms with Crippen LogP contribution in [0.4, 0.5) is 0 Å². The van der Waals surface area contributed by atoms with Gasteiger partial charge in [-0.1, -0.05) is 13.8 Å². The molecule has 4 fully saturated rings. The van der Waals surface area contributed by atoms with Gasteiger partial charge < -0.3 is 5.11 Å². The number of aliphatic hydroxyl groups is 1. The Kier molecular flexibility index (Phi) is 2.18. The Morgan fingerprint density at radius 3 is 1.67 bits per heavy atom. The van der Waals surface area contributed by atoms with E-state index < -0.39 is 0 Å². The van der Waals surface area contributed by atoms with E-state index in [0.717, 1.165) is 17.8 Å². The molecule has 0 radical (unpaired) electrons. The summed E-state index contributed by atoms with van der Waals surface area (Å²) in [6, 6.07) is 0. The van der Waals surface area contributed by atoms with Crippen molar-refractivity contribution in [3.63, 3.8) is 0 Å². The van der Waals surface area contributed by atoms with Gasteiger partial charge in [-0.25, -0.2) is 0 Å². The monoisotopic (exact) mass is 208 g/mol. The smallest absolute Gasteiger partial charge is 0.0619 e. The quantitative estimate of drug-likeness (QED) is 0.738. The second kappa shape index (κ2) is 3.23. The van der Waals surface area contributed by atoms with E-state index in [2.05, 4.69) is 13.8 Å². The van der Waals surface area contributed by atoms with Crippen molar-refractivity contribution in [3.05, 3.63) is 0 Å². The third-order valence-electron chi connectivity index (χ3n) is 5.34. The molecule has 1 N–H and O–H groups in total. The number of rotatable bonds is 2. The Labute approximate surface area is 93.3 Å². The summed E-state index contributed by atoms with van der Waals surface area (Å²) in [6.07, 6.45) is 8.39. The zero-order valence-corrected chi connectivity index (χ0v) is 10.1. The fourth-order valence-corrected chi connectivity index (χ4v) is 5.25. The minimum absolute atomic E-state index is 0.0362. The SMILES string of the molecule is CC(C)[C@H](O)C12CC3CC(CC(C3)C1)C2. The topological polar surface area (TPSA) is 20.2 Å². The zero-order valence-electron chi connectivity index (χ0n) is 10.1. The van der Waals surface area contributed by atoms with Gasteiger partial charge in [0.15, 0.2) is 0 Å². The number of hydrogen-bond donors (Lipinski definition) is 1. The van der Waals surface area contributed by atoms with Crippen LogP contribution < -0.4 is 0 Å². The molecule has 1 atom stereocenters. The van der Waals surface area contributed by atoms with E-state index in [9.17, 15) is 5.11 Å². The maximum absolute atomic E-state index is 10.5. The summed E-state index contributed by atoms with van der Waals surface area (Å²) in [4.78, 5) is 0. The average molecular weight is 208 g/mol. The van der Waals surface area contributed by atoms with Gasteiger partial charge in [0.25, 0.3) is 0 Å². The number of aliphatic hydroxyl groups excluding tert-OH is 1. The van der Waals surface area contributed by atoms with Gasteiger partial charge in [0.1, 0.15) is 0 Å². The molecular formula is C14H24O. The largest absolute Gasteiger partial charge is 0.392 e. The molecular weight excluding hydrogens is 184 g/mol. The van der Waals surface area contributed by atoms with E-state index in [1.165, 1.54) is 38.5 Å². The predicted molar refractivity (Wildman–Crippen MR) is 61.4 cm³/mol. The lowest BCUT2D eigenvalue weighted by atomic mass is 9.47. The van der Waals surface area contributed by atoms with Gasteiger partial charge in [-0.15, -0.1) is 0 Å².